The van der Waals surface area contributed by atoms with Crippen molar-refractivity contribution < 1.29 is 115 Å². The minimum absolute atomic E-state index is 0.0219. The van der Waals surface area contributed by atoms with Crippen LogP contribution in [-0.4, -0.2) is 95.5 Å². The highest BCUT2D eigenvalue weighted by Crippen LogP contribution is 2.59. The van der Waals surface area contributed by atoms with Crippen molar-refractivity contribution in [3.05, 3.63) is 35.9 Å². The zero-order valence-corrected chi connectivity index (χ0v) is 44.3. The number of carbonyl (C=O) groups is 16. The third-order valence-corrected chi connectivity index (χ3v) is 19.0. The molecular weight excluding hydrogens is 1070 g/mol. The van der Waals surface area contributed by atoms with E-state index in [0.717, 1.165) is 5.56 Å². The first-order valence-electron chi connectivity index (χ1n) is 27.3. The third-order valence-electron chi connectivity index (χ3n) is 19.0. The van der Waals surface area contributed by atoms with Crippen molar-refractivity contribution in [1.29, 1.82) is 0 Å². The van der Waals surface area contributed by atoms with Crippen LogP contribution in [0.1, 0.15) is 141 Å². The van der Waals surface area contributed by atoms with Crippen molar-refractivity contribution in [1.82, 2.24) is 0 Å². The molecule has 24 nitrogen and oxygen atoms in total. The second-order valence-corrected chi connectivity index (χ2v) is 24.5. The Bertz CT molecular complexity index is 2920. The van der Waals surface area contributed by atoms with E-state index in [1.165, 1.54) is 0 Å². The molecule has 8 aliphatic heterocycles. The number of carbonyl (C=O) groups excluding carboxylic acids is 16. The number of rotatable bonds is 2. The maximum Gasteiger partial charge on any atom is 0.318 e. The Kier molecular flexibility index (Phi) is 14.9. The fraction of sp³-hybridized carbons (Fsp3) is 0.614. The Morgan fingerprint density at radius 1 is 0.346 bits per heavy atom. The molecule has 11 unspecified atom stereocenters. The van der Waals surface area contributed by atoms with Gasteiger partial charge in [0.25, 0.3) is 0 Å². The van der Waals surface area contributed by atoms with E-state index in [-0.39, 0.29) is 69.1 Å². The lowest BCUT2D eigenvalue weighted by Gasteiger charge is -2.45. The van der Waals surface area contributed by atoms with Gasteiger partial charge in [-0.3, -0.25) is 76.7 Å². The molecule has 4 spiro atoms. The van der Waals surface area contributed by atoms with E-state index in [2.05, 4.69) is 28.4 Å². The van der Waals surface area contributed by atoms with Crippen LogP contribution in [0, 0.1) is 80.8 Å². The number of cyclic esters (lactones) is 16. The summed E-state index contributed by atoms with van der Waals surface area (Å²) in [5.41, 5.74) is -1.33. The zero-order valence-electron chi connectivity index (χ0n) is 44.3. The van der Waals surface area contributed by atoms with Crippen molar-refractivity contribution in [2.45, 2.75) is 135 Å². The van der Waals surface area contributed by atoms with E-state index in [1.54, 1.807) is 0 Å². The van der Waals surface area contributed by atoms with Gasteiger partial charge in [0.2, 0.25) is 0 Å². The summed E-state index contributed by atoms with van der Waals surface area (Å²) in [4.78, 5) is 187. The summed E-state index contributed by atoms with van der Waals surface area (Å²) in [5, 5.41) is 0. The van der Waals surface area contributed by atoms with E-state index >= 15 is 0 Å². The first kappa shape index (κ1) is 56.6. The van der Waals surface area contributed by atoms with Crippen molar-refractivity contribution in [3.63, 3.8) is 0 Å². The number of hydrogen-bond acceptors (Lipinski definition) is 24. The summed E-state index contributed by atoms with van der Waals surface area (Å²) in [6.07, 6.45) is 5.84. The zero-order chi connectivity index (χ0) is 58.1. The highest BCUT2D eigenvalue weighted by molar-refractivity contribution is 6.00. The Morgan fingerprint density at radius 3 is 1.15 bits per heavy atom. The average Bonchev–Trinajstić information content (AvgIpc) is 4.21. The molecule has 12 aliphatic rings. The lowest BCUT2D eigenvalue weighted by atomic mass is 9.57. The van der Waals surface area contributed by atoms with Gasteiger partial charge in [-0.25, -0.2) is 0 Å². The van der Waals surface area contributed by atoms with Gasteiger partial charge in [-0.2, -0.15) is 0 Å². The van der Waals surface area contributed by atoms with Gasteiger partial charge in [0.05, 0.1) is 98.7 Å². The summed E-state index contributed by atoms with van der Waals surface area (Å²) in [5.74, 6) is -12.6. The second kappa shape index (κ2) is 21.3. The molecule has 430 valence electrons. The number of esters is 16. The van der Waals surface area contributed by atoms with E-state index < -0.39 is 165 Å². The maximum absolute atomic E-state index is 12.2. The average molecular weight is 1130 g/mol. The molecule has 13 rings (SSSR count). The van der Waals surface area contributed by atoms with Crippen LogP contribution in [-0.2, 0) is 115 Å². The van der Waals surface area contributed by atoms with Gasteiger partial charge in [-0.05, 0) is 103 Å². The molecule has 11 atom stereocenters. The van der Waals surface area contributed by atoms with Crippen LogP contribution in [0.4, 0.5) is 0 Å². The second-order valence-electron chi connectivity index (χ2n) is 24.5. The smallest absolute Gasteiger partial charge is 0.318 e. The highest BCUT2D eigenvalue weighted by Gasteiger charge is 2.62. The fourth-order valence-electron chi connectivity index (χ4n) is 15.9. The fourth-order valence-corrected chi connectivity index (χ4v) is 15.9. The summed E-state index contributed by atoms with van der Waals surface area (Å²) in [7, 11) is 0. The van der Waals surface area contributed by atoms with Gasteiger partial charge in [0.15, 0.2) is 0 Å². The van der Waals surface area contributed by atoms with Crippen molar-refractivity contribution in [2.24, 2.45) is 80.8 Å². The van der Waals surface area contributed by atoms with Crippen LogP contribution in [0.3, 0.4) is 0 Å². The third kappa shape index (κ3) is 11.1. The summed E-state index contributed by atoms with van der Waals surface area (Å²) >= 11 is 0. The van der Waals surface area contributed by atoms with E-state index in [1.807, 2.05) is 44.2 Å². The molecule has 81 heavy (non-hydrogen) atoms. The maximum atomic E-state index is 12.2. The molecule has 24 heteroatoms. The molecule has 0 bridgehead atoms. The lowest BCUT2D eigenvalue weighted by Crippen LogP contribution is -2.46. The molecule has 1 aromatic rings. The quantitative estimate of drug-likeness (QED) is 0.232. The van der Waals surface area contributed by atoms with Crippen LogP contribution in [0.2, 0.25) is 0 Å². The van der Waals surface area contributed by atoms with Crippen LogP contribution < -0.4 is 0 Å². The van der Waals surface area contributed by atoms with E-state index in [4.69, 9.17) is 9.47 Å². The van der Waals surface area contributed by atoms with Crippen LogP contribution in [0.25, 0.3) is 0 Å². The Hall–Kier alpha value is -7.66. The number of hydrogen-bond donors (Lipinski definition) is 0. The van der Waals surface area contributed by atoms with Crippen LogP contribution >= 0.6 is 0 Å². The molecule has 8 heterocycles. The molecule has 4 saturated carbocycles. The van der Waals surface area contributed by atoms with Gasteiger partial charge in [0, 0.05) is 0 Å². The van der Waals surface area contributed by atoms with Crippen molar-refractivity contribution >= 4 is 95.5 Å². The number of fused-ring (bicyclic) bond motifs is 4. The minimum Gasteiger partial charge on any atom is -0.393 e. The summed E-state index contributed by atoms with van der Waals surface area (Å²) < 4.78 is 37.2. The van der Waals surface area contributed by atoms with Gasteiger partial charge in [-0.15, -0.1) is 0 Å². The first-order valence-corrected chi connectivity index (χ1v) is 27.3. The predicted octanol–water partition coefficient (Wildman–Crippen LogP) is 3.62. The van der Waals surface area contributed by atoms with E-state index in [9.17, 15) is 76.7 Å². The molecule has 0 radical (unpaired) electrons. The molecule has 1 aromatic carbocycles. The van der Waals surface area contributed by atoms with Crippen molar-refractivity contribution in [2.75, 3.05) is 0 Å². The molecule has 0 amide bonds. The standard InChI is InChI=1S/C18H16O6.C14H16O6.C13H14O6.C12H12O6/c19-13-8-18(9-14(20)23-13)6-11(10-4-2-1-3-5-10)15-12(7-18)16(21)24-17(15)22;1-2-7-3-14(5-9(15)19-10(16)6-14)4-8-11(7)13(18)20-12(8)17;1-6-2-13(4-8(14)18-9(15)5-13)3-7-10(6)12(17)19-11(7)16;13-8-4-12(5-9(14)17-8)2-1-6-7(3-12)11(16)18-10(6)15/h1-5,11-12,15H,6-9H2;7-8,11H,2-6H2,1H3;6-7,10H,2-5H2,1H3;6-7H,1-5H2. The Balaban J connectivity index is 0.000000122. The molecule has 12 fully saturated rings. The van der Waals surface area contributed by atoms with Gasteiger partial charge >= 0.3 is 95.5 Å². The van der Waals surface area contributed by atoms with Gasteiger partial charge in [0.1, 0.15) is 0 Å². The van der Waals surface area contributed by atoms with Gasteiger partial charge < -0.3 is 37.9 Å². The Morgan fingerprint density at radius 2 is 0.679 bits per heavy atom. The summed E-state index contributed by atoms with van der Waals surface area (Å²) in [6, 6.07) is 9.42. The number of benzene rings is 1. The molecule has 4 aliphatic carbocycles. The van der Waals surface area contributed by atoms with Crippen molar-refractivity contribution in [3.8, 4) is 0 Å². The minimum atomic E-state index is -0.641. The summed E-state index contributed by atoms with van der Waals surface area (Å²) in [6.45, 7) is 3.81. The largest absolute Gasteiger partial charge is 0.393 e. The normalized spacial score (nSPS) is 34.5. The lowest BCUT2D eigenvalue weighted by molar-refractivity contribution is -0.174. The molecule has 0 N–H and O–H groups in total. The van der Waals surface area contributed by atoms with Crippen LogP contribution in [0.5, 0.6) is 0 Å². The highest BCUT2D eigenvalue weighted by atomic mass is 16.6. The monoisotopic (exact) mass is 1130 g/mol. The molecule has 8 saturated heterocycles. The Labute approximate surface area is 460 Å². The first-order chi connectivity index (χ1) is 38.3. The van der Waals surface area contributed by atoms with Crippen LogP contribution in [0.15, 0.2) is 30.3 Å². The topological polar surface area (TPSA) is 347 Å². The molecule has 0 aromatic heterocycles. The van der Waals surface area contributed by atoms with E-state index in [0.29, 0.717) is 64.2 Å². The van der Waals surface area contributed by atoms with Gasteiger partial charge in [-0.1, -0.05) is 50.6 Å². The SMILES string of the molecule is CC1CC2(CC(=O)OC(=O)C2)CC2C(=O)OC(=O)C12.CCC1CC2(CC(=O)OC(=O)C2)CC2C(=O)OC(=O)C12.O=C1CC2(CC(=O)O1)CC1C(=O)OC(=O)C1C(c1ccccc1)C2.O=C1CC2(CCC3C(=O)OC(=O)C3C2)CC(=O)O1. The predicted molar refractivity (Wildman–Crippen MR) is 257 cm³/mol. The molecular formula is C57H58O24. The number of ether oxygens (including phenoxy) is 8.